The van der Waals surface area contributed by atoms with Crippen LogP contribution in [0.4, 0.5) is 4.79 Å². The Kier molecular flexibility index (Phi) is 4.98. The predicted octanol–water partition coefficient (Wildman–Crippen LogP) is -0.571. The second-order valence-electron chi connectivity index (χ2n) is 5.12. The van der Waals surface area contributed by atoms with Gasteiger partial charge in [-0.1, -0.05) is 0 Å². The number of urea groups is 1. The molecule has 2 aliphatic rings. The zero-order valence-corrected chi connectivity index (χ0v) is 11.2. The maximum atomic E-state index is 12.0. The maximum absolute atomic E-state index is 12.0. The van der Waals surface area contributed by atoms with E-state index in [-0.39, 0.29) is 17.9 Å². The molecule has 0 spiro atoms. The number of hydrogen-bond donors (Lipinski definition) is 3. The summed E-state index contributed by atoms with van der Waals surface area (Å²) in [5, 5.41) is 10.4. The summed E-state index contributed by atoms with van der Waals surface area (Å²) in [6.45, 7) is 4.91. The molecular weight excluding hydrogens is 246 g/mol. The molecule has 0 aliphatic carbocycles. The van der Waals surface area contributed by atoms with Gasteiger partial charge in [-0.3, -0.25) is 10.3 Å². The molecule has 0 atom stereocenters. The summed E-state index contributed by atoms with van der Waals surface area (Å²) in [5.41, 5.74) is 5.39. The van der Waals surface area contributed by atoms with Gasteiger partial charge >= 0.3 is 6.03 Å². The Morgan fingerprint density at radius 1 is 1.26 bits per heavy atom. The Hall–Kier alpha value is -1.34. The first-order valence-corrected chi connectivity index (χ1v) is 6.83. The van der Waals surface area contributed by atoms with E-state index in [9.17, 15) is 4.79 Å². The van der Waals surface area contributed by atoms with Crippen LogP contribution in [0.5, 0.6) is 0 Å². The van der Waals surface area contributed by atoms with E-state index >= 15 is 0 Å². The number of amides is 2. The van der Waals surface area contributed by atoms with Crippen molar-refractivity contribution in [2.45, 2.75) is 18.9 Å². The number of ether oxygens (including phenoxy) is 1. The number of nitrogens with zero attached hydrogens (tertiary/aromatic N) is 2. The lowest BCUT2D eigenvalue weighted by Gasteiger charge is -2.34. The number of nitrogens with two attached hydrogens (primary N) is 1. The van der Waals surface area contributed by atoms with Crippen molar-refractivity contribution in [2.24, 2.45) is 5.73 Å². The summed E-state index contributed by atoms with van der Waals surface area (Å²) in [6.07, 6.45) is 1.84. The lowest BCUT2D eigenvalue weighted by Crippen LogP contribution is -2.52. The number of likely N-dealkylation sites (tertiary alicyclic amines) is 1. The molecule has 2 fully saturated rings. The first kappa shape index (κ1) is 14.1. The SMILES string of the molecule is N=C(N)CN1CCC(NC(=O)N2CCOCC2)CC1. The van der Waals surface area contributed by atoms with Gasteiger partial charge < -0.3 is 20.7 Å². The lowest BCUT2D eigenvalue weighted by atomic mass is 10.1. The van der Waals surface area contributed by atoms with E-state index < -0.39 is 0 Å². The zero-order chi connectivity index (χ0) is 13.7. The minimum Gasteiger partial charge on any atom is -0.387 e. The van der Waals surface area contributed by atoms with E-state index in [1.165, 1.54) is 0 Å². The van der Waals surface area contributed by atoms with Crippen LogP contribution in [0, 0.1) is 5.41 Å². The fourth-order valence-electron chi connectivity index (χ4n) is 2.51. The van der Waals surface area contributed by atoms with E-state index in [2.05, 4.69) is 10.2 Å². The first-order chi connectivity index (χ1) is 9.15. The van der Waals surface area contributed by atoms with Gasteiger partial charge in [-0.15, -0.1) is 0 Å². The van der Waals surface area contributed by atoms with Crippen LogP contribution in [0.25, 0.3) is 0 Å². The molecule has 0 bridgehead atoms. The number of amidine groups is 1. The maximum Gasteiger partial charge on any atom is 0.317 e. The van der Waals surface area contributed by atoms with E-state index in [0.717, 1.165) is 25.9 Å². The molecule has 7 heteroatoms. The standard InChI is InChI=1S/C12H23N5O2/c13-11(14)9-16-3-1-10(2-4-16)15-12(18)17-5-7-19-8-6-17/h10H,1-9H2,(H3,13,14)(H,15,18). The second kappa shape index (κ2) is 6.72. The first-order valence-electron chi connectivity index (χ1n) is 6.83. The van der Waals surface area contributed by atoms with Crippen LogP contribution < -0.4 is 11.1 Å². The molecule has 19 heavy (non-hydrogen) atoms. The van der Waals surface area contributed by atoms with E-state index in [4.69, 9.17) is 15.9 Å². The topological polar surface area (TPSA) is 94.7 Å². The quantitative estimate of drug-likeness (QED) is 0.472. The fourth-order valence-corrected chi connectivity index (χ4v) is 2.51. The number of hydrogen-bond acceptors (Lipinski definition) is 4. The average molecular weight is 269 g/mol. The molecular formula is C12H23N5O2. The Bertz CT molecular complexity index is 322. The second-order valence-corrected chi connectivity index (χ2v) is 5.12. The van der Waals surface area contributed by atoms with E-state index in [0.29, 0.717) is 32.8 Å². The third-order valence-electron chi connectivity index (χ3n) is 3.61. The Morgan fingerprint density at radius 2 is 1.89 bits per heavy atom. The van der Waals surface area contributed by atoms with Gasteiger partial charge in [-0.2, -0.15) is 0 Å². The molecule has 2 amide bonds. The molecule has 2 saturated heterocycles. The van der Waals surface area contributed by atoms with Crippen molar-refractivity contribution in [3.63, 3.8) is 0 Å². The molecule has 0 aromatic heterocycles. The fraction of sp³-hybridized carbons (Fsp3) is 0.833. The number of morpholine rings is 1. The van der Waals surface area contributed by atoms with Crippen LogP contribution in [0.2, 0.25) is 0 Å². The Labute approximate surface area is 113 Å². The van der Waals surface area contributed by atoms with E-state index in [1.54, 1.807) is 0 Å². The highest BCUT2D eigenvalue weighted by atomic mass is 16.5. The third kappa shape index (κ3) is 4.36. The number of carbonyl (C=O) groups is 1. The van der Waals surface area contributed by atoms with Gasteiger partial charge in [0.15, 0.2) is 0 Å². The van der Waals surface area contributed by atoms with E-state index in [1.807, 2.05) is 4.90 Å². The van der Waals surface area contributed by atoms with Crippen molar-refractivity contribution in [2.75, 3.05) is 45.9 Å². The summed E-state index contributed by atoms with van der Waals surface area (Å²) < 4.78 is 5.23. The van der Waals surface area contributed by atoms with Crippen molar-refractivity contribution in [3.8, 4) is 0 Å². The van der Waals surface area contributed by atoms with Crippen LogP contribution in [-0.2, 0) is 4.74 Å². The van der Waals surface area contributed by atoms with Gasteiger partial charge in [-0.05, 0) is 12.8 Å². The van der Waals surface area contributed by atoms with Crippen molar-refractivity contribution >= 4 is 11.9 Å². The van der Waals surface area contributed by atoms with Crippen LogP contribution in [0.3, 0.4) is 0 Å². The highest BCUT2D eigenvalue weighted by Gasteiger charge is 2.23. The molecule has 0 aromatic rings. The number of nitrogens with one attached hydrogen (secondary N) is 2. The van der Waals surface area contributed by atoms with Gasteiger partial charge in [0, 0.05) is 32.2 Å². The van der Waals surface area contributed by atoms with Crippen molar-refractivity contribution in [3.05, 3.63) is 0 Å². The largest absolute Gasteiger partial charge is 0.387 e. The molecule has 2 heterocycles. The summed E-state index contributed by atoms with van der Waals surface area (Å²) in [5.74, 6) is 0.204. The molecule has 7 nitrogen and oxygen atoms in total. The van der Waals surface area contributed by atoms with Crippen LogP contribution >= 0.6 is 0 Å². The number of rotatable bonds is 3. The number of carbonyl (C=O) groups excluding carboxylic acids is 1. The highest BCUT2D eigenvalue weighted by molar-refractivity contribution is 5.79. The van der Waals surface area contributed by atoms with Gasteiger partial charge in [0.25, 0.3) is 0 Å². The van der Waals surface area contributed by atoms with Crippen molar-refractivity contribution in [1.29, 1.82) is 5.41 Å². The third-order valence-corrected chi connectivity index (χ3v) is 3.61. The summed E-state index contributed by atoms with van der Waals surface area (Å²) in [4.78, 5) is 16.0. The summed E-state index contributed by atoms with van der Waals surface area (Å²) >= 11 is 0. The summed E-state index contributed by atoms with van der Waals surface area (Å²) in [7, 11) is 0. The predicted molar refractivity (Wildman–Crippen MR) is 72.3 cm³/mol. The molecule has 0 unspecified atom stereocenters. The highest BCUT2D eigenvalue weighted by Crippen LogP contribution is 2.10. The van der Waals surface area contributed by atoms with Crippen LogP contribution in [0.1, 0.15) is 12.8 Å². The van der Waals surface area contributed by atoms with Crippen molar-refractivity contribution < 1.29 is 9.53 Å². The van der Waals surface area contributed by atoms with Gasteiger partial charge in [0.05, 0.1) is 19.8 Å². The zero-order valence-electron chi connectivity index (χ0n) is 11.2. The van der Waals surface area contributed by atoms with Gasteiger partial charge in [0.2, 0.25) is 0 Å². The lowest BCUT2D eigenvalue weighted by molar-refractivity contribution is 0.0517. The monoisotopic (exact) mass is 269 g/mol. The molecule has 0 aromatic carbocycles. The van der Waals surface area contributed by atoms with Crippen molar-refractivity contribution in [1.82, 2.24) is 15.1 Å². The normalized spacial score (nSPS) is 22.2. The van der Waals surface area contributed by atoms with Crippen LogP contribution in [-0.4, -0.2) is 73.6 Å². The molecule has 0 radical (unpaired) electrons. The van der Waals surface area contributed by atoms with Crippen LogP contribution in [0.15, 0.2) is 0 Å². The minimum absolute atomic E-state index is 0.0216. The molecule has 108 valence electrons. The molecule has 0 saturated carbocycles. The Morgan fingerprint density at radius 3 is 2.47 bits per heavy atom. The Balaban J connectivity index is 1.69. The average Bonchev–Trinajstić information content (AvgIpc) is 2.41. The van der Waals surface area contributed by atoms with Gasteiger partial charge in [-0.25, -0.2) is 4.79 Å². The molecule has 2 aliphatic heterocycles. The summed E-state index contributed by atoms with van der Waals surface area (Å²) in [6, 6.07) is 0.256. The minimum atomic E-state index is 0.0216. The number of piperidine rings is 1. The smallest absolute Gasteiger partial charge is 0.317 e. The molecule has 2 rings (SSSR count). The molecule has 4 N–H and O–H groups in total. The van der Waals surface area contributed by atoms with Gasteiger partial charge in [0.1, 0.15) is 5.84 Å².